The second-order valence-corrected chi connectivity index (χ2v) is 8.32. The van der Waals surface area contributed by atoms with Gasteiger partial charge in [0.1, 0.15) is 6.33 Å². The smallest absolute Gasteiger partial charge is 0.309 e. The summed E-state index contributed by atoms with van der Waals surface area (Å²) in [5.41, 5.74) is 0.842. The van der Waals surface area contributed by atoms with Gasteiger partial charge in [-0.3, -0.25) is 14.2 Å². The van der Waals surface area contributed by atoms with Crippen molar-refractivity contribution >= 4 is 35.2 Å². The highest BCUT2D eigenvalue weighted by atomic mass is 35.5. The van der Waals surface area contributed by atoms with Gasteiger partial charge in [0.2, 0.25) is 5.91 Å². The minimum atomic E-state index is -0.318. The summed E-state index contributed by atoms with van der Waals surface area (Å²) in [5.74, 6) is -0.238. The Bertz CT molecular complexity index is 836. The Labute approximate surface area is 173 Å². The quantitative estimate of drug-likeness (QED) is 0.525. The second-order valence-electron chi connectivity index (χ2n) is 6.58. The monoisotopic (exact) mass is 422 g/mol. The van der Waals surface area contributed by atoms with Crippen molar-refractivity contribution in [2.24, 2.45) is 5.92 Å². The molecule has 1 unspecified atom stereocenters. The van der Waals surface area contributed by atoms with E-state index in [0.717, 1.165) is 5.69 Å². The van der Waals surface area contributed by atoms with Gasteiger partial charge in [-0.05, 0) is 44.9 Å². The maximum absolute atomic E-state index is 12.8. The number of halogens is 1. The van der Waals surface area contributed by atoms with Crippen molar-refractivity contribution in [2.75, 3.05) is 19.7 Å². The molecule has 0 radical (unpaired) electrons. The van der Waals surface area contributed by atoms with Gasteiger partial charge in [0.25, 0.3) is 0 Å². The van der Waals surface area contributed by atoms with Crippen LogP contribution in [0.4, 0.5) is 0 Å². The van der Waals surface area contributed by atoms with Crippen molar-refractivity contribution in [1.29, 1.82) is 0 Å². The van der Waals surface area contributed by atoms with E-state index in [1.807, 2.05) is 34.6 Å². The molecule has 0 aliphatic carbocycles. The van der Waals surface area contributed by atoms with Crippen LogP contribution < -0.4 is 0 Å². The molecule has 1 fully saturated rings. The van der Waals surface area contributed by atoms with E-state index < -0.39 is 0 Å². The summed E-state index contributed by atoms with van der Waals surface area (Å²) in [6, 6.07) is 7.39. The average Bonchev–Trinajstić information content (AvgIpc) is 3.16. The number of benzene rings is 1. The Morgan fingerprint density at radius 1 is 1.36 bits per heavy atom. The SMILES string of the molecule is CCOC(=O)C1CCN(C(=O)C(C)Sc2nncn2-c2cccc(Cl)c2)CC1. The molecule has 1 aromatic heterocycles. The van der Waals surface area contributed by atoms with Gasteiger partial charge < -0.3 is 9.64 Å². The predicted octanol–water partition coefficient (Wildman–Crippen LogP) is 3.20. The number of piperidine rings is 1. The number of carbonyl (C=O) groups is 2. The second kappa shape index (κ2) is 9.43. The number of ether oxygens (including phenoxy) is 1. The number of amides is 1. The van der Waals surface area contributed by atoms with Crippen LogP contribution in [0.2, 0.25) is 5.02 Å². The molecule has 2 heterocycles. The lowest BCUT2D eigenvalue weighted by atomic mass is 9.97. The van der Waals surface area contributed by atoms with Crippen molar-refractivity contribution in [1.82, 2.24) is 19.7 Å². The van der Waals surface area contributed by atoms with Gasteiger partial charge in [-0.15, -0.1) is 10.2 Å². The first kappa shape index (κ1) is 20.7. The van der Waals surface area contributed by atoms with Crippen LogP contribution in [0, 0.1) is 5.92 Å². The van der Waals surface area contributed by atoms with Crippen LogP contribution in [0.15, 0.2) is 35.7 Å². The number of rotatable bonds is 6. The first-order valence-electron chi connectivity index (χ1n) is 9.27. The summed E-state index contributed by atoms with van der Waals surface area (Å²) in [4.78, 5) is 26.5. The minimum absolute atomic E-state index is 0.0351. The molecule has 150 valence electrons. The molecule has 1 aliphatic rings. The molecule has 0 spiro atoms. The van der Waals surface area contributed by atoms with Crippen molar-refractivity contribution < 1.29 is 14.3 Å². The molecule has 0 N–H and O–H groups in total. The zero-order valence-electron chi connectivity index (χ0n) is 15.9. The number of aromatic nitrogens is 3. The van der Waals surface area contributed by atoms with Crippen molar-refractivity contribution in [3.05, 3.63) is 35.6 Å². The summed E-state index contributed by atoms with van der Waals surface area (Å²) in [6.45, 7) is 5.18. The Kier molecular flexibility index (Phi) is 6.96. The van der Waals surface area contributed by atoms with E-state index in [2.05, 4.69) is 10.2 Å². The fourth-order valence-electron chi connectivity index (χ4n) is 3.17. The highest BCUT2D eigenvalue weighted by Crippen LogP contribution is 2.27. The van der Waals surface area contributed by atoms with Crippen molar-refractivity contribution in [2.45, 2.75) is 37.1 Å². The van der Waals surface area contributed by atoms with Crippen LogP contribution >= 0.6 is 23.4 Å². The molecule has 7 nitrogen and oxygen atoms in total. The normalized spacial score (nSPS) is 16.0. The van der Waals surface area contributed by atoms with E-state index in [0.29, 0.717) is 42.7 Å². The van der Waals surface area contributed by atoms with Crippen LogP contribution in [0.5, 0.6) is 0 Å². The molecule has 9 heteroatoms. The lowest BCUT2D eigenvalue weighted by molar-refractivity contribution is -0.151. The van der Waals surface area contributed by atoms with Gasteiger partial charge >= 0.3 is 5.97 Å². The number of hydrogen-bond donors (Lipinski definition) is 0. The van der Waals surface area contributed by atoms with Gasteiger partial charge in [0, 0.05) is 18.1 Å². The van der Waals surface area contributed by atoms with Gasteiger partial charge in [-0.2, -0.15) is 0 Å². The first-order chi connectivity index (χ1) is 13.5. The zero-order chi connectivity index (χ0) is 20.1. The number of esters is 1. The number of thioether (sulfide) groups is 1. The highest BCUT2D eigenvalue weighted by molar-refractivity contribution is 8.00. The maximum Gasteiger partial charge on any atom is 0.309 e. The van der Waals surface area contributed by atoms with E-state index in [9.17, 15) is 9.59 Å². The summed E-state index contributed by atoms with van der Waals surface area (Å²) < 4.78 is 6.90. The fourth-order valence-corrected chi connectivity index (χ4v) is 4.28. The molecule has 2 aromatic rings. The largest absolute Gasteiger partial charge is 0.466 e. The lowest BCUT2D eigenvalue weighted by Crippen LogP contribution is -2.43. The average molecular weight is 423 g/mol. The number of carbonyl (C=O) groups excluding carboxylic acids is 2. The molecular weight excluding hydrogens is 400 g/mol. The molecule has 3 rings (SSSR count). The third kappa shape index (κ3) is 4.86. The Morgan fingerprint density at radius 3 is 2.79 bits per heavy atom. The maximum atomic E-state index is 12.8. The lowest BCUT2D eigenvalue weighted by Gasteiger charge is -2.32. The van der Waals surface area contributed by atoms with Crippen molar-refractivity contribution in [3.63, 3.8) is 0 Å². The van der Waals surface area contributed by atoms with Gasteiger partial charge in [-0.25, -0.2) is 0 Å². The van der Waals surface area contributed by atoms with Crippen LogP contribution in [0.1, 0.15) is 26.7 Å². The number of hydrogen-bond acceptors (Lipinski definition) is 6. The Balaban J connectivity index is 1.60. The van der Waals surface area contributed by atoms with E-state index in [1.165, 1.54) is 11.8 Å². The molecule has 1 saturated heterocycles. The van der Waals surface area contributed by atoms with Crippen LogP contribution in [-0.4, -0.2) is 56.5 Å². The molecule has 0 bridgehead atoms. The summed E-state index contributed by atoms with van der Waals surface area (Å²) in [6.07, 6.45) is 2.89. The molecule has 1 atom stereocenters. The van der Waals surface area contributed by atoms with Gasteiger partial charge in [-0.1, -0.05) is 29.4 Å². The predicted molar refractivity (Wildman–Crippen MR) is 108 cm³/mol. The molecule has 1 aliphatic heterocycles. The highest BCUT2D eigenvalue weighted by Gasteiger charge is 2.31. The first-order valence-corrected chi connectivity index (χ1v) is 10.5. The van der Waals surface area contributed by atoms with E-state index >= 15 is 0 Å². The molecule has 0 saturated carbocycles. The van der Waals surface area contributed by atoms with Gasteiger partial charge in [0.05, 0.1) is 23.5 Å². The Morgan fingerprint density at radius 2 is 2.11 bits per heavy atom. The number of likely N-dealkylation sites (tertiary alicyclic amines) is 1. The Hall–Kier alpha value is -2.06. The molecule has 28 heavy (non-hydrogen) atoms. The third-order valence-corrected chi connectivity index (χ3v) is 5.94. The fraction of sp³-hybridized carbons (Fsp3) is 0.474. The molecular formula is C19H23ClN4O3S. The van der Waals surface area contributed by atoms with E-state index in [4.69, 9.17) is 16.3 Å². The van der Waals surface area contributed by atoms with Gasteiger partial charge in [0.15, 0.2) is 5.16 Å². The molecule has 1 amide bonds. The third-order valence-electron chi connectivity index (χ3n) is 4.66. The zero-order valence-corrected chi connectivity index (χ0v) is 17.4. The minimum Gasteiger partial charge on any atom is -0.466 e. The summed E-state index contributed by atoms with van der Waals surface area (Å²) in [7, 11) is 0. The number of nitrogens with zero attached hydrogens (tertiary/aromatic N) is 4. The van der Waals surface area contributed by atoms with E-state index in [1.54, 1.807) is 19.3 Å². The van der Waals surface area contributed by atoms with Crippen LogP contribution in [0.3, 0.4) is 0 Å². The standard InChI is InChI=1S/C19H23ClN4O3S/c1-3-27-18(26)14-7-9-23(10-8-14)17(25)13(2)28-19-22-21-12-24(19)16-6-4-5-15(20)11-16/h4-6,11-14H,3,7-10H2,1-2H3. The van der Waals surface area contributed by atoms with Crippen molar-refractivity contribution in [3.8, 4) is 5.69 Å². The summed E-state index contributed by atoms with van der Waals surface area (Å²) in [5, 5.41) is 9.05. The topological polar surface area (TPSA) is 77.3 Å². The summed E-state index contributed by atoms with van der Waals surface area (Å²) >= 11 is 7.43. The van der Waals surface area contributed by atoms with Crippen LogP contribution in [0.25, 0.3) is 5.69 Å². The van der Waals surface area contributed by atoms with Crippen LogP contribution in [-0.2, 0) is 14.3 Å². The molecule has 1 aromatic carbocycles. The van der Waals surface area contributed by atoms with E-state index in [-0.39, 0.29) is 23.0 Å².